The molecule has 2 aliphatic rings. The summed E-state index contributed by atoms with van der Waals surface area (Å²) in [7, 11) is 0. The Balaban J connectivity index is 0.000000410. The quantitative estimate of drug-likeness (QED) is 0.167. The van der Waals surface area contributed by atoms with Gasteiger partial charge in [-0.05, 0) is 6.92 Å². The summed E-state index contributed by atoms with van der Waals surface area (Å²) in [5, 5.41) is 35.5. The van der Waals surface area contributed by atoms with Gasteiger partial charge >= 0.3 is 23.9 Å². The summed E-state index contributed by atoms with van der Waals surface area (Å²) in [6.07, 6.45) is 0.807. The molecule has 0 bridgehead atoms. The van der Waals surface area contributed by atoms with Crippen LogP contribution >= 0.6 is 0 Å². The van der Waals surface area contributed by atoms with Gasteiger partial charge in [-0.2, -0.15) is 0 Å². The third kappa shape index (κ3) is 18.1. The molecule has 4 N–H and O–H groups in total. The lowest BCUT2D eigenvalue weighted by Gasteiger charge is -2.23. The van der Waals surface area contributed by atoms with Gasteiger partial charge in [0.2, 0.25) is 0 Å². The van der Waals surface area contributed by atoms with E-state index in [1.807, 2.05) is 9.80 Å². The van der Waals surface area contributed by atoms with Crippen molar-refractivity contribution in [2.24, 2.45) is 0 Å². The molecule has 2 fully saturated rings. The van der Waals surface area contributed by atoms with E-state index in [1.165, 1.54) is 6.92 Å². The number of aliphatic carboxylic acids is 4. The number of carbonyl (C=O) groups excluding carboxylic acids is 2. The van der Waals surface area contributed by atoms with E-state index >= 15 is 0 Å². The fourth-order valence-corrected chi connectivity index (χ4v) is 4.53. The Bertz CT molecular complexity index is 779. The lowest BCUT2D eigenvalue weighted by molar-refractivity contribution is -0.140. The zero-order valence-corrected chi connectivity index (χ0v) is 23.7. The van der Waals surface area contributed by atoms with Crippen molar-refractivity contribution in [3.63, 3.8) is 0 Å². The van der Waals surface area contributed by atoms with Gasteiger partial charge in [0.25, 0.3) is 0 Å². The molecule has 0 saturated carbocycles. The minimum Gasteiger partial charge on any atom is -0.480 e. The minimum absolute atomic E-state index is 0.0452. The molecule has 16 nitrogen and oxygen atoms in total. The highest BCUT2D eigenvalue weighted by atomic mass is 16.4. The molecule has 2 rings (SSSR count). The lowest BCUT2D eigenvalue weighted by atomic mass is 10.3. The Morgan fingerprint density at radius 1 is 0.463 bits per heavy atom. The molecule has 0 radical (unpaired) electrons. The van der Waals surface area contributed by atoms with Crippen LogP contribution in [0.2, 0.25) is 0 Å². The van der Waals surface area contributed by atoms with E-state index in [0.717, 1.165) is 6.29 Å². The monoisotopic (exact) mass is 588 g/mol. The van der Waals surface area contributed by atoms with E-state index in [0.29, 0.717) is 85.1 Å². The van der Waals surface area contributed by atoms with E-state index in [4.69, 9.17) is 20.4 Å². The van der Waals surface area contributed by atoms with Crippen molar-refractivity contribution in [3.05, 3.63) is 0 Å². The number of aldehydes is 1. The van der Waals surface area contributed by atoms with Crippen molar-refractivity contribution in [2.45, 2.75) is 6.92 Å². The van der Waals surface area contributed by atoms with Crippen LogP contribution in [0.4, 0.5) is 0 Å². The van der Waals surface area contributed by atoms with Crippen molar-refractivity contribution in [3.8, 4) is 0 Å². The molecule has 41 heavy (non-hydrogen) atoms. The molecule has 2 saturated heterocycles. The number of hydrogen-bond acceptors (Lipinski definition) is 12. The van der Waals surface area contributed by atoms with Gasteiger partial charge < -0.3 is 25.2 Å². The van der Waals surface area contributed by atoms with Crippen LogP contribution in [0.5, 0.6) is 0 Å². The summed E-state index contributed by atoms with van der Waals surface area (Å²) >= 11 is 0. The summed E-state index contributed by atoms with van der Waals surface area (Å²) in [6, 6.07) is 0. The van der Waals surface area contributed by atoms with E-state index in [1.54, 1.807) is 19.6 Å². The fourth-order valence-electron chi connectivity index (χ4n) is 4.53. The highest BCUT2D eigenvalue weighted by Gasteiger charge is 2.20. The predicted molar refractivity (Wildman–Crippen MR) is 146 cm³/mol. The zero-order valence-electron chi connectivity index (χ0n) is 23.7. The van der Waals surface area contributed by atoms with Crippen LogP contribution in [0, 0.1) is 0 Å². The second-order valence-electron chi connectivity index (χ2n) is 10.1. The molecule has 234 valence electrons. The highest BCUT2D eigenvalue weighted by Crippen LogP contribution is 2.02. The SMILES string of the molecule is CC(=O)CN1CCN(CC(=O)O)CCN(CC(=O)O)CC1.O=CCN1CCN(CC(=O)O)CCN(CC(=O)O)CC1. The number of nitrogens with zero attached hydrogens (tertiary/aromatic N) is 6. The molecule has 0 amide bonds. The van der Waals surface area contributed by atoms with Gasteiger partial charge in [-0.15, -0.1) is 0 Å². The number of Topliss-reactive ketones (excluding diaryl/α,β-unsaturated/α-hetero) is 1. The van der Waals surface area contributed by atoms with Gasteiger partial charge in [0.1, 0.15) is 12.1 Å². The number of carbonyl (C=O) groups is 6. The first-order chi connectivity index (χ1) is 19.4. The van der Waals surface area contributed by atoms with E-state index in [9.17, 15) is 28.8 Å². The third-order valence-electron chi connectivity index (χ3n) is 6.61. The lowest BCUT2D eigenvalue weighted by Crippen LogP contribution is -2.40. The molecular formula is C25H44N6O10. The number of carboxylic acid groups (broad SMARTS) is 4. The Labute approximate surface area is 239 Å². The van der Waals surface area contributed by atoms with E-state index in [-0.39, 0.29) is 38.5 Å². The number of carboxylic acids is 4. The van der Waals surface area contributed by atoms with Crippen LogP contribution in [0.1, 0.15) is 6.92 Å². The Morgan fingerprint density at radius 2 is 0.683 bits per heavy atom. The van der Waals surface area contributed by atoms with E-state index in [2.05, 4.69) is 0 Å². The first kappa shape index (κ1) is 36.0. The summed E-state index contributed by atoms with van der Waals surface area (Å²) in [6.45, 7) is 8.48. The van der Waals surface area contributed by atoms with Crippen LogP contribution in [0.3, 0.4) is 0 Å². The first-order valence-corrected chi connectivity index (χ1v) is 13.5. The van der Waals surface area contributed by atoms with Crippen LogP contribution in [0.15, 0.2) is 0 Å². The largest absolute Gasteiger partial charge is 0.480 e. The Morgan fingerprint density at radius 3 is 0.878 bits per heavy atom. The molecule has 0 unspecified atom stereocenters. The van der Waals surface area contributed by atoms with Gasteiger partial charge in [0.05, 0.1) is 39.3 Å². The maximum absolute atomic E-state index is 11.3. The number of hydrogen-bond donors (Lipinski definition) is 4. The van der Waals surface area contributed by atoms with E-state index < -0.39 is 23.9 Å². The summed E-state index contributed by atoms with van der Waals surface area (Å²) in [5.41, 5.74) is 0. The van der Waals surface area contributed by atoms with Crippen molar-refractivity contribution < 1.29 is 49.2 Å². The first-order valence-electron chi connectivity index (χ1n) is 13.5. The van der Waals surface area contributed by atoms with Gasteiger partial charge in [-0.3, -0.25) is 53.4 Å². The molecule has 2 aliphatic heterocycles. The average molecular weight is 589 g/mol. The standard InChI is InChI=1S/C13H23N3O5.C12H21N3O5/c1-11(17)8-14-2-4-15(9-12(18)19)6-7-16(5-3-14)10-13(20)21;16-8-7-13-1-3-14(9-11(17)18)5-6-15(4-2-13)10-12(19)20/h2-10H2,1H3,(H,18,19)(H,20,21);8H,1-7,9-10H2,(H,17,18)(H,19,20). The molecule has 16 heteroatoms. The van der Waals surface area contributed by atoms with Gasteiger partial charge in [-0.1, -0.05) is 0 Å². The molecular weight excluding hydrogens is 544 g/mol. The molecule has 0 aromatic heterocycles. The van der Waals surface area contributed by atoms with Gasteiger partial charge in [0.15, 0.2) is 0 Å². The molecule has 0 aromatic rings. The highest BCUT2D eigenvalue weighted by molar-refractivity contribution is 5.77. The van der Waals surface area contributed by atoms with Crippen LogP contribution < -0.4 is 0 Å². The van der Waals surface area contributed by atoms with Gasteiger partial charge in [-0.25, -0.2) is 0 Å². The summed E-state index contributed by atoms with van der Waals surface area (Å²) in [4.78, 5) is 76.1. The van der Waals surface area contributed by atoms with Crippen LogP contribution in [0.25, 0.3) is 0 Å². The predicted octanol–water partition coefficient (Wildman–Crippen LogP) is -3.06. The number of rotatable bonds is 12. The number of ketones is 1. The summed E-state index contributed by atoms with van der Waals surface area (Å²) in [5.74, 6) is -3.58. The minimum atomic E-state index is -0.907. The van der Waals surface area contributed by atoms with Crippen LogP contribution in [-0.2, 0) is 28.8 Å². The second-order valence-corrected chi connectivity index (χ2v) is 10.1. The summed E-state index contributed by atoms with van der Waals surface area (Å²) < 4.78 is 0. The van der Waals surface area contributed by atoms with Crippen molar-refractivity contribution >= 4 is 35.9 Å². The fraction of sp³-hybridized carbons (Fsp3) is 0.760. The van der Waals surface area contributed by atoms with Crippen LogP contribution in [-0.4, -0.2) is 204 Å². The van der Waals surface area contributed by atoms with Crippen molar-refractivity contribution in [2.75, 3.05) is 118 Å². The maximum atomic E-state index is 11.3. The normalized spacial score (nSPS) is 19.6. The third-order valence-corrected chi connectivity index (χ3v) is 6.61. The smallest absolute Gasteiger partial charge is 0.317 e. The van der Waals surface area contributed by atoms with Crippen molar-refractivity contribution in [1.29, 1.82) is 0 Å². The molecule has 2 heterocycles. The van der Waals surface area contributed by atoms with Crippen molar-refractivity contribution in [1.82, 2.24) is 29.4 Å². The Kier molecular flexibility index (Phi) is 17.5. The maximum Gasteiger partial charge on any atom is 0.317 e. The second kappa shape index (κ2) is 20.0. The topological polar surface area (TPSA) is 203 Å². The molecule has 0 atom stereocenters. The zero-order chi connectivity index (χ0) is 30.8. The average Bonchev–Trinajstić information content (AvgIpc) is 3.00. The van der Waals surface area contributed by atoms with Gasteiger partial charge in [0, 0.05) is 78.5 Å². The molecule has 0 spiro atoms. The molecule has 0 aromatic carbocycles. The molecule has 0 aliphatic carbocycles. The Hall–Kier alpha value is -3.02.